The summed E-state index contributed by atoms with van der Waals surface area (Å²) in [5.41, 5.74) is 0.819. The Morgan fingerprint density at radius 1 is 1.42 bits per heavy atom. The van der Waals surface area contributed by atoms with Crippen LogP contribution < -0.4 is 5.32 Å². The predicted octanol–water partition coefficient (Wildman–Crippen LogP) is 2.35. The van der Waals surface area contributed by atoms with Gasteiger partial charge >= 0.3 is 0 Å². The first kappa shape index (κ1) is 7.16. The lowest BCUT2D eigenvalue weighted by molar-refractivity contribution is 0.640. The molecule has 0 aliphatic carbocycles. The number of aromatic amines is 1. The van der Waals surface area contributed by atoms with Gasteiger partial charge in [-0.25, -0.2) is 4.39 Å². The van der Waals surface area contributed by atoms with Crippen LogP contribution >= 0.6 is 0 Å². The van der Waals surface area contributed by atoms with Crippen LogP contribution in [0.4, 0.5) is 10.2 Å². The summed E-state index contributed by atoms with van der Waals surface area (Å²) in [7, 11) is 1.79. The SMILES string of the molecule is CNc1cc2c(F)cccc2[nH]1. The van der Waals surface area contributed by atoms with Crippen molar-refractivity contribution in [1.82, 2.24) is 4.98 Å². The van der Waals surface area contributed by atoms with Gasteiger partial charge in [-0.05, 0) is 18.2 Å². The molecule has 0 spiro atoms. The number of benzene rings is 1. The number of nitrogens with one attached hydrogen (secondary N) is 2. The normalized spacial score (nSPS) is 10.5. The lowest BCUT2D eigenvalue weighted by atomic mass is 10.2. The zero-order chi connectivity index (χ0) is 8.55. The standard InChI is InChI=1S/C9H9FN2/c1-11-9-5-6-7(10)3-2-4-8(6)12-9/h2-5,11-12H,1H3. The van der Waals surface area contributed by atoms with E-state index < -0.39 is 0 Å². The first-order valence-corrected chi connectivity index (χ1v) is 3.76. The number of hydrogen-bond donors (Lipinski definition) is 2. The molecule has 0 saturated heterocycles. The molecule has 1 aromatic heterocycles. The molecule has 1 heterocycles. The molecule has 0 atom stereocenters. The van der Waals surface area contributed by atoms with Crippen LogP contribution in [0.15, 0.2) is 24.3 Å². The Bertz CT molecular complexity index is 406. The fourth-order valence-electron chi connectivity index (χ4n) is 1.25. The van der Waals surface area contributed by atoms with Gasteiger partial charge < -0.3 is 10.3 Å². The second kappa shape index (κ2) is 2.52. The number of rotatable bonds is 1. The van der Waals surface area contributed by atoms with Crippen LogP contribution in [0.2, 0.25) is 0 Å². The largest absolute Gasteiger partial charge is 0.375 e. The summed E-state index contributed by atoms with van der Waals surface area (Å²) >= 11 is 0. The van der Waals surface area contributed by atoms with Crippen LogP contribution in [-0.4, -0.2) is 12.0 Å². The Hall–Kier alpha value is -1.51. The molecule has 0 radical (unpaired) electrons. The fraction of sp³-hybridized carbons (Fsp3) is 0.111. The Morgan fingerprint density at radius 2 is 2.25 bits per heavy atom. The quantitative estimate of drug-likeness (QED) is 0.665. The minimum atomic E-state index is -0.190. The summed E-state index contributed by atoms with van der Waals surface area (Å²) in [6.07, 6.45) is 0. The monoisotopic (exact) mass is 164 g/mol. The maximum Gasteiger partial charge on any atom is 0.132 e. The highest BCUT2D eigenvalue weighted by Gasteiger charge is 2.02. The smallest absolute Gasteiger partial charge is 0.132 e. The minimum absolute atomic E-state index is 0.190. The maximum absolute atomic E-state index is 13.1. The molecule has 0 aliphatic rings. The molecule has 2 nitrogen and oxygen atoms in total. The van der Waals surface area contributed by atoms with Crippen molar-refractivity contribution >= 4 is 16.7 Å². The molecule has 62 valence electrons. The van der Waals surface area contributed by atoms with Gasteiger partial charge in [0, 0.05) is 18.0 Å². The van der Waals surface area contributed by atoms with Gasteiger partial charge in [0.1, 0.15) is 11.6 Å². The molecule has 0 fully saturated rings. The third-order valence-corrected chi connectivity index (χ3v) is 1.88. The molecule has 12 heavy (non-hydrogen) atoms. The average molecular weight is 164 g/mol. The summed E-state index contributed by atoms with van der Waals surface area (Å²) in [6.45, 7) is 0. The van der Waals surface area contributed by atoms with Crippen molar-refractivity contribution in [3.63, 3.8) is 0 Å². The van der Waals surface area contributed by atoms with Gasteiger partial charge in [-0.2, -0.15) is 0 Å². The second-order valence-electron chi connectivity index (χ2n) is 2.63. The molecule has 0 amide bonds. The van der Waals surface area contributed by atoms with E-state index in [-0.39, 0.29) is 5.82 Å². The van der Waals surface area contributed by atoms with Crippen molar-refractivity contribution in [3.8, 4) is 0 Å². The van der Waals surface area contributed by atoms with Crippen molar-refractivity contribution in [3.05, 3.63) is 30.1 Å². The van der Waals surface area contributed by atoms with Gasteiger partial charge in [-0.15, -0.1) is 0 Å². The summed E-state index contributed by atoms with van der Waals surface area (Å²) in [4.78, 5) is 3.03. The summed E-state index contributed by atoms with van der Waals surface area (Å²) in [6, 6.07) is 6.74. The minimum Gasteiger partial charge on any atom is -0.375 e. The third-order valence-electron chi connectivity index (χ3n) is 1.88. The topological polar surface area (TPSA) is 27.8 Å². The Labute approximate surface area is 69.4 Å². The Morgan fingerprint density at radius 3 is 2.92 bits per heavy atom. The zero-order valence-corrected chi connectivity index (χ0v) is 6.69. The highest BCUT2D eigenvalue weighted by Crippen LogP contribution is 2.20. The zero-order valence-electron chi connectivity index (χ0n) is 6.69. The lowest BCUT2D eigenvalue weighted by Gasteiger charge is -1.89. The Balaban J connectivity index is 2.74. The van der Waals surface area contributed by atoms with E-state index in [0.717, 1.165) is 11.3 Å². The molecule has 0 unspecified atom stereocenters. The molecule has 1 aromatic carbocycles. The van der Waals surface area contributed by atoms with Gasteiger partial charge in [-0.3, -0.25) is 0 Å². The first-order chi connectivity index (χ1) is 5.81. The van der Waals surface area contributed by atoms with E-state index in [0.29, 0.717) is 5.39 Å². The number of halogens is 1. The number of H-pyrrole nitrogens is 1. The second-order valence-corrected chi connectivity index (χ2v) is 2.63. The van der Waals surface area contributed by atoms with E-state index in [1.807, 2.05) is 6.07 Å². The predicted molar refractivity (Wildman–Crippen MR) is 47.8 cm³/mol. The molecular formula is C9H9FN2. The highest BCUT2D eigenvalue weighted by atomic mass is 19.1. The average Bonchev–Trinajstić information content (AvgIpc) is 2.49. The maximum atomic E-state index is 13.1. The van der Waals surface area contributed by atoms with Crippen molar-refractivity contribution in [2.45, 2.75) is 0 Å². The Kier molecular flexibility index (Phi) is 1.50. The number of hydrogen-bond acceptors (Lipinski definition) is 1. The van der Waals surface area contributed by atoms with Crippen molar-refractivity contribution < 1.29 is 4.39 Å². The van der Waals surface area contributed by atoms with Crippen LogP contribution in [0, 0.1) is 5.82 Å². The first-order valence-electron chi connectivity index (χ1n) is 3.76. The van der Waals surface area contributed by atoms with Crippen molar-refractivity contribution in [1.29, 1.82) is 0 Å². The summed E-state index contributed by atoms with van der Waals surface area (Å²) in [5, 5.41) is 3.55. The number of anilines is 1. The van der Waals surface area contributed by atoms with E-state index in [1.165, 1.54) is 6.07 Å². The van der Waals surface area contributed by atoms with Gasteiger partial charge in [-0.1, -0.05) is 6.07 Å². The molecule has 2 N–H and O–H groups in total. The molecular weight excluding hydrogens is 155 g/mol. The lowest BCUT2D eigenvalue weighted by Crippen LogP contribution is -1.85. The van der Waals surface area contributed by atoms with Crippen molar-refractivity contribution in [2.75, 3.05) is 12.4 Å². The van der Waals surface area contributed by atoms with Crippen LogP contribution in [0.5, 0.6) is 0 Å². The summed E-state index contributed by atoms with van der Waals surface area (Å²) < 4.78 is 13.1. The van der Waals surface area contributed by atoms with Gasteiger partial charge in [0.15, 0.2) is 0 Å². The van der Waals surface area contributed by atoms with Crippen LogP contribution in [-0.2, 0) is 0 Å². The highest BCUT2D eigenvalue weighted by molar-refractivity contribution is 5.84. The van der Waals surface area contributed by atoms with E-state index in [2.05, 4.69) is 10.3 Å². The molecule has 0 aliphatic heterocycles. The van der Waals surface area contributed by atoms with Gasteiger partial charge in [0.2, 0.25) is 0 Å². The van der Waals surface area contributed by atoms with E-state index >= 15 is 0 Å². The summed E-state index contributed by atoms with van der Waals surface area (Å²) in [5.74, 6) is 0.639. The van der Waals surface area contributed by atoms with Gasteiger partial charge in [0.05, 0.1) is 0 Å². The van der Waals surface area contributed by atoms with E-state index in [9.17, 15) is 4.39 Å². The van der Waals surface area contributed by atoms with E-state index in [1.54, 1.807) is 19.2 Å². The molecule has 2 rings (SSSR count). The molecule has 0 saturated carbocycles. The van der Waals surface area contributed by atoms with Crippen LogP contribution in [0.25, 0.3) is 10.9 Å². The number of aromatic nitrogens is 1. The van der Waals surface area contributed by atoms with E-state index in [4.69, 9.17) is 0 Å². The molecule has 3 heteroatoms. The van der Waals surface area contributed by atoms with Gasteiger partial charge in [0.25, 0.3) is 0 Å². The molecule has 0 bridgehead atoms. The third kappa shape index (κ3) is 0.942. The molecule has 2 aromatic rings. The van der Waals surface area contributed by atoms with Crippen LogP contribution in [0.3, 0.4) is 0 Å². The van der Waals surface area contributed by atoms with Crippen molar-refractivity contribution in [2.24, 2.45) is 0 Å². The fourth-order valence-corrected chi connectivity index (χ4v) is 1.25. The number of fused-ring (bicyclic) bond motifs is 1. The van der Waals surface area contributed by atoms with Crippen LogP contribution in [0.1, 0.15) is 0 Å².